The molecule has 0 spiro atoms. The summed E-state index contributed by atoms with van der Waals surface area (Å²) in [6.45, 7) is 8.20. The van der Waals surface area contributed by atoms with Crippen molar-refractivity contribution in [2.75, 3.05) is 38.7 Å². The monoisotopic (exact) mass is 258 g/mol. The molecule has 1 rings (SSSR count). The Morgan fingerprint density at radius 1 is 1.29 bits per heavy atom. The van der Waals surface area contributed by atoms with Crippen LogP contribution < -0.4 is 5.32 Å². The lowest BCUT2D eigenvalue weighted by atomic mass is 9.85. The van der Waals surface area contributed by atoms with Crippen molar-refractivity contribution in [1.82, 2.24) is 10.2 Å². The molecule has 0 heterocycles. The Hall–Kier alpha value is 0.270. The first kappa shape index (κ1) is 15.3. The first-order chi connectivity index (χ1) is 8.08. The fraction of sp³-hybridized carbons (Fsp3) is 1.00. The highest BCUT2D eigenvalue weighted by Gasteiger charge is 2.34. The summed E-state index contributed by atoms with van der Waals surface area (Å²) in [5.41, 5.74) is 0.553. The van der Waals surface area contributed by atoms with Crippen LogP contribution in [0.15, 0.2) is 0 Å². The van der Waals surface area contributed by atoms with Gasteiger partial charge in [0.2, 0.25) is 0 Å². The van der Waals surface area contributed by atoms with Crippen LogP contribution in [0.5, 0.6) is 0 Å². The first-order valence-corrected chi connectivity index (χ1v) is 8.38. The van der Waals surface area contributed by atoms with Crippen molar-refractivity contribution < 1.29 is 0 Å². The molecular weight excluding hydrogens is 228 g/mol. The Morgan fingerprint density at radius 3 is 2.47 bits per heavy atom. The number of hydrogen-bond acceptors (Lipinski definition) is 3. The molecule has 0 radical (unpaired) electrons. The second-order valence-corrected chi connectivity index (χ2v) is 6.96. The molecule has 0 atom stereocenters. The van der Waals surface area contributed by atoms with Crippen molar-refractivity contribution in [3.05, 3.63) is 0 Å². The molecule has 17 heavy (non-hydrogen) atoms. The van der Waals surface area contributed by atoms with Gasteiger partial charge in [-0.05, 0) is 31.6 Å². The molecule has 0 aliphatic heterocycles. The molecule has 0 aromatic rings. The standard InChI is InChI=1S/C14H30N2S/c1-13(2)15-11-14(7-5-6-8-14)12-16(3)9-10-17-4/h13,15H,5-12H2,1-4H3. The summed E-state index contributed by atoms with van der Waals surface area (Å²) in [6, 6.07) is 0.615. The lowest BCUT2D eigenvalue weighted by molar-refractivity contribution is 0.175. The van der Waals surface area contributed by atoms with Crippen molar-refractivity contribution in [3.8, 4) is 0 Å². The maximum Gasteiger partial charge on any atom is 0.00694 e. The molecule has 0 aromatic carbocycles. The average Bonchev–Trinajstić information content (AvgIpc) is 2.73. The molecule has 1 aliphatic carbocycles. The van der Waals surface area contributed by atoms with Crippen LogP contribution in [0.2, 0.25) is 0 Å². The fourth-order valence-electron chi connectivity index (χ4n) is 2.84. The van der Waals surface area contributed by atoms with Gasteiger partial charge in [-0.3, -0.25) is 0 Å². The van der Waals surface area contributed by atoms with Crippen LogP contribution >= 0.6 is 11.8 Å². The molecule has 1 aliphatic rings. The summed E-state index contributed by atoms with van der Waals surface area (Å²) in [5, 5.41) is 3.66. The van der Waals surface area contributed by atoms with E-state index < -0.39 is 0 Å². The van der Waals surface area contributed by atoms with Crippen LogP contribution in [-0.2, 0) is 0 Å². The number of nitrogens with zero attached hydrogens (tertiary/aromatic N) is 1. The van der Waals surface area contributed by atoms with Gasteiger partial charge in [0.15, 0.2) is 0 Å². The Labute approximate surface area is 112 Å². The van der Waals surface area contributed by atoms with Crippen LogP contribution in [0.25, 0.3) is 0 Å². The Balaban J connectivity index is 2.41. The normalized spacial score (nSPS) is 19.4. The molecule has 0 saturated heterocycles. The summed E-state index contributed by atoms with van der Waals surface area (Å²) < 4.78 is 0. The van der Waals surface area contributed by atoms with E-state index in [0.29, 0.717) is 11.5 Å². The molecule has 0 aromatic heterocycles. The van der Waals surface area contributed by atoms with Gasteiger partial charge in [0.05, 0.1) is 0 Å². The van der Waals surface area contributed by atoms with E-state index in [-0.39, 0.29) is 0 Å². The van der Waals surface area contributed by atoms with E-state index in [9.17, 15) is 0 Å². The van der Waals surface area contributed by atoms with Gasteiger partial charge in [0.1, 0.15) is 0 Å². The second-order valence-electron chi connectivity index (χ2n) is 5.97. The average molecular weight is 258 g/mol. The molecule has 2 nitrogen and oxygen atoms in total. The van der Waals surface area contributed by atoms with Crippen molar-refractivity contribution in [3.63, 3.8) is 0 Å². The lowest BCUT2D eigenvalue weighted by Gasteiger charge is -2.34. The van der Waals surface area contributed by atoms with E-state index >= 15 is 0 Å². The lowest BCUT2D eigenvalue weighted by Crippen LogP contribution is -2.43. The Morgan fingerprint density at radius 2 is 1.94 bits per heavy atom. The predicted molar refractivity (Wildman–Crippen MR) is 79.9 cm³/mol. The highest BCUT2D eigenvalue weighted by atomic mass is 32.2. The number of nitrogens with one attached hydrogen (secondary N) is 1. The predicted octanol–water partition coefficient (Wildman–Crippen LogP) is 2.84. The molecule has 102 valence electrons. The largest absolute Gasteiger partial charge is 0.314 e. The molecular formula is C14H30N2S. The van der Waals surface area contributed by atoms with Crippen molar-refractivity contribution in [2.45, 2.75) is 45.6 Å². The van der Waals surface area contributed by atoms with Crippen LogP contribution in [0.4, 0.5) is 0 Å². The van der Waals surface area contributed by atoms with Crippen molar-refractivity contribution >= 4 is 11.8 Å². The van der Waals surface area contributed by atoms with E-state index in [1.54, 1.807) is 0 Å². The van der Waals surface area contributed by atoms with Crippen LogP contribution in [0.1, 0.15) is 39.5 Å². The van der Waals surface area contributed by atoms with Gasteiger partial charge >= 0.3 is 0 Å². The minimum absolute atomic E-state index is 0.553. The molecule has 0 amide bonds. The zero-order chi connectivity index (χ0) is 12.7. The molecule has 3 heteroatoms. The zero-order valence-electron chi connectivity index (χ0n) is 12.1. The topological polar surface area (TPSA) is 15.3 Å². The molecule has 0 bridgehead atoms. The summed E-state index contributed by atoms with van der Waals surface area (Å²) in [4.78, 5) is 2.53. The first-order valence-electron chi connectivity index (χ1n) is 6.99. The minimum atomic E-state index is 0.553. The third kappa shape index (κ3) is 5.62. The van der Waals surface area contributed by atoms with E-state index in [4.69, 9.17) is 0 Å². The van der Waals surface area contributed by atoms with Gasteiger partial charge in [-0.1, -0.05) is 26.7 Å². The highest BCUT2D eigenvalue weighted by Crippen LogP contribution is 2.38. The Kier molecular flexibility index (Phi) is 6.90. The molecule has 1 saturated carbocycles. The van der Waals surface area contributed by atoms with Crippen LogP contribution in [0.3, 0.4) is 0 Å². The van der Waals surface area contributed by atoms with E-state index in [0.717, 1.165) is 0 Å². The number of hydrogen-bond donors (Lipinski definition) is 1. The SMILES string of the molecule is CSCCN(C)CC1(CNC(C)C)CCCC1. The number of rotatable bonds is 8. The van der Waals surface area contributed by atoms with Crippen molar-refractivity contribution in [1.29, 1.82) is 0 Å². The van der Waals surface area contributed by atoms with Gasteiger partial charge in [0.25, 0.3) is 0 Å². The van der Waals surface area contributed by atoms with E-state index in [2.05, 4.69) is 37.4 Å². The maximum atomic E-state index is 3.66. The van der Waals surface area contributed by atoms with Crippen LogP contribution in [-0.4, -0.2) is 49.6 Å². The van der Waals surface area contributed by atoms with Gasteiger partial charge in [0, 0.05) is 31.4 Å². The maximum absolute atomic E-state index is 3.66. The molecule has 1 fully saturated rings. The second kappa shape index (κ2) is 7.65. The van der Waals surface area contributed by atoms with Gasteiger partial charge < -0.3 is 10.2 Å². The van der Waals surface area contributed by atoms with Gasteiger partial charge in [-0.15, -0.1) is 0 Å². The van der Waals surface area contributed by atoms with Crippen LogP contribution in [0, 0.1) is 5.41 Å². The Bertz CT molecular complexity index is 200. The van der Waals surface area contributed by atoms with Gasteiger partial charge in [-0.2, -0.15) is 11.8 Å². The summed E-state index contributed by atoms with van der Waals surface area (Å²) in [6.07, 6.45) is 7.87. The highest BCUT2D eigenvalue weighted by molar-refractivity contribution is 7.98. The molecule has 1 N–H and O–H groups in total. The van der Waals surface area contributed by atoms with Gasteiger partial charge in [-0.25, -0.2) is 0 Å². The zero-order valence-corrected chi connectivity index (χ0v) is 12.9. The summed E-state index contributed by atoms with van der Waals surface area (Å²) in [7, 11) is 2.28. The summed E-state index contributed by atoms with van der Waals surface area (Å²) >= 11 is 1.95. The fourth-order valence-corrected chi connectivity index (χ4v) is 3.33. The van der Waals surface area contributed by atoms with E-state index in [1.807, 2.05) is 11.8 Å². The quantitative estimate of drug-likeness (QED) is 0.721. The smallest absolute Gasteiger partial charge is 0.00694 e. The van der Waals surface area contributed by atoms with Crippen molar-refractivity contribution in [2.24, 2.45) is 5.41 Å². The molecule has 0 unspecified atom stereocenters. The third-order valence-electron chi connectivity index (χ3n) is 3.83. The minimum Gasteiger partial charge on any atom is -0.314 e. The number of thioether (sulfide) groups is 1. The summed E-state index contributed by atoms with van der Waals surface area (Å²) in [5.74, 6) is 1.25. The van der Waals surface area contributed by atoms with E-state index in [1.165, 1.54) is 51.1 Å². The third-order valence-corrected chi connectivity index (χ3v) is 4.42.